The number of oxazole rings is 1. The quantitative estimate of drug-likeness (QED) is 0.383. The number of hydrogen-bond donors (Lipinski definition) is 2. The number of guanidine groups is 1. The molecule has 0 saturated carbocycles. The van der Waals surface area contributed by atoms with Crippen LogP contribution < -0.4 is 10.6 Å². The van der Waals surface area contributed by atoms with Crippen LogP contribution in [0.25, 0.3) is 0 Å². The van der Waals surface area contributed by atoms with Gasteiger partial charge in [0, 0.05) is 24.9 Å². The van der Waals surface area contributed by atoms with Gasteiger partial charge in [-0.25, -0.2) is 9.98 Å². The Morgan fingerprint density at radius 1 is 1.26 bits per heavy atom. The lowest BCUT2D eigenvalue weighted by Crippen LogP contribution is -2.37. The predicted octanol–water partition coefficient (Wildman–Crippen LogP) is 2.77. The van der Waals surface area contributed by atoms with Gasteiger partial charge in [0.25, 0.3) is 0 Å². The van der Waals surface area contributed by atoms with Gasteiger partial charge in [0.1, 0.15) is 18.1 Å². The van der Waals surface area contributed by atoms with Crippen LogP contribution >= 0.6 is 24.0 Å². The molecule has 2 N–H and O–H groups in total. The lowest BCUT2D eigenvalue weighted by atomic mass is 9.94. The number of hydrogen-bond acceptors (Lipinski definition) is 5. The highest BCUT2D eigenvalue weighted by Gasteiger charge is 2.19. The molecule has 3 rings (SSSR count). The van der Waals surface area contributed by atoms with Crippen molar-refractivity contribution < 1.29 is 4.42 Å². The van der Waals surface area contributed by atoms with Crippen molar-refractivity contribution in [3.05, 3.63) is 29.5 Å². The van der Waals surface area contributed by atoms with E-state index in [9.17, 15) is 0 Å². The molecular formula is C18H30IN7O. The Bertz CT molecular complexity index is 760. The third-order valence-corrected chi connectivity index (χ3v) is 4.36. The van der Waals surface area contributed by atoms with E-state index in [1.807, 2.05) is 6.92 Å². The van der Waals surface area contributed by atoms with Gasteiger partial charge in [0.2, 0.25) is 5.89 Å². The van der Waals surface area contributed by atoms with E-state index in [2.05, 4.69) is 56.1 Å². The number of halogens is 1. The normalized spacial score (nSPS) is 14.4. The molecule has 0 bridgehead atoms. The van der Waals surface area contributed by atoms with E-state index in [-0.39, 0.29) is 29.4 Å². The fourth-order valence-electron chi connectivity index (χ4n) is 2.88. The second kappa shape index (κ2) is 9.52. The summed E-state index contributed by atoms with van der Waals surface area (Å²) in [4.78, 5) is 8.98. The standard InChI is InChI=1S/C18H29N7O.HI/c1-5-19-17(22-12-16-20-10-13(26-16)18(2,3)4)21-11-15-24-23-14-8-6-7-9-25(14)15;/h10H,5-9,11-12H2,1-4H3,(H2,19,21,22);1H. The zero-order valence-electron chi connectivity index (χ0n) is 16.6. The van der Waals surface area contributed by atoms with Gasteiger partial charge < -0.3 is 19.6 Å². The van der Waals surface area contributed by atoms with Crippen molar-refractivity contribution in [3.8, 4) is 0 Å². The van der Waals surface area contributed by atoms with Gasteiger partial charge in [-0.3, -0.25) is 0 Å². The first kappa shape index (κ1) is 21.6. The molecule has 9 heteroatoms. The van der Waals surface area contributed by atoms with Gasteiger partial charge in [-0.05, 0) is 19.8 Å². The number of rotatable bonds is 5. The average molecular weight is 487 g/mol. The summed E-state index contributed by atoms with van der Waals surface area (Å²) in [6, 6.07) is 0. The molecule has 0 spiro atoms. The van der Waals surface area contributed by atoms with Crippen LogP contribution in [0.3, 0.4) is 0 Å². The third-order valence-electron chi connectivity index (χ3n) is 4.36. The van der Waals surface area contributed by atoms with Crippen LogP contribution in [0.2, 0.25) is 0 Å². The molecule has 0 radical (unpaired) electrons. The highest BCUT2D eigenvalue weighted by atomic mass is 127. The molecule has 0 atom stereocenters. The summed E-state index contributed by atoms with van der Waals surface area (Å²) in [6.45, 7) is 11.1. The van der Waals surface area contributed by atoms with Gasteiger partial charge in [0.15, 0.2) is 11.8 Å². The first-order valence-corrected chi connectivity index (χ1v) is 9.35. The molecule has 27 heavy (non-hydrogen) atoms. The van der Waals surface area contributed by atoms with E-state index in [1.165, 1.54) is 12.8 Å². The zero-order chi connectivity index (χ0) is 18.6. The fourth-order valence-corrected chi connectivity index (χ4v) is 2.88. The number of aromatic nitrogens is 4. The van der Waals surface area contributed by atoms with Crippen molar-refractivity contribution in [2.45, 2.75) is 72.0 Å². The van der Waals surface area contributed by atoms with Gasteiger partial charge in [0.05, 0.1) is 12.7 Å². The van der Waals surface area contributed by atoms with Crippen molar-refractivity contribution in [2.24, 2.45) is 4.99 Å². The summed E-state index contributed by atoms with van der Waals surface area (Å²) in [6.07, 6.45) is 5.18. The Morgan fingerprint density at radius 2 is 2.07 bits per heavy atom. The Labute approximate surface area is 177 Å². The van der Waals surface area contributed by atoms with Crippen LogP contribution in [0.1, 0.15) is 63.8 Å². The Kier molecular flexibility index (Phi) is 7.63. The van der Waals surface area contributed by atoms with E-state index >= 15 is 0 Å². The van der Waals surface area contributed by atoms with Crippen molar-refractivity contribution in [3.63, 3.8) is 0 Å². The SMILES string of the molecule is CCNC(=NCc1nnc2n1CCCC2)NCc1ncc(C(C)(C)C)o1.I. The molecule has 0 amide bonds. The van der Waals surface area contributed by atoms with Gasteiger partial charge in [-0.15, -0.1) is 34.2 Å². The zero-order valence-corrected chi connectivity index (χ0v) is 18.9. The van der Waals surface area contributed by atoms with Gasteiger partial charge in [-0.1, -0.05) is 20.8 Å². The van der Waals surface area contributed by atoms with Crippen LogP contribution in [0, 0.1) is 0 Å². The molecule has 1 aliphatic rings. The smallest absolute Gasteiger partial charge is 0.213 e. The van der Waals surface area contributed by atoms with Gasteiger partial charge >= 0.3 is 0 Å². The van der Waals surface area contributed by atoms with Crippen LogP contribution in [-0.2, 0) is 31.5 Å². The number of aliphatic imine (C=N–C) groups is 1. The number of fused-ring (bicyclic) bond motifs is 1. The largest absolute Gasteiger partial charge is 0.443 e. The maximum Gasteiger partial charge on any atom is 0.213 e. The maximum atomic E-state index is 5.82. The predicted molar refractivity (Wildman–Crippen MR) is 115 cm³/mol. The molecule has 0 saturated heterocycles. The summed E-state index contributed by atoms with van der Waals surface area (Å²) < 4.78 is 8.01. The highest BCUT2D eigenvalue weighted by Crippen LogP contribution is 2.22. The van der Waals surface area contributed by atoms with Crippen molar-refractivity contribution in [2.75, 3.05) is 6.54 Å². The molecule has 0 aromatic carbocycles. The molecular weight excluding hydrogens is 457 g/mol. The second-order valence-electron chi connectivity index (χ2n) is 7.56. The summed E-state index contributed by atoms with van der Waals surface area (Å²) in [5.74, 6) is 4.25. The highest BCUT2D eigenvalue weighted by molar-refractivity contribution is 14.0. The van der Waals surface area contributed by atoms with Crippen molar-refractivity contribution >= 4 is 29.9 Å². The molecule has 3 heterocycles. The molecule has 2 aromatic rings. The molecule has 2 aromatic heterocycles. The van der Waals surface area contributed by atoms with Crippen LogP contribution in [0.4, 0.5) is 0 Å². The number of nitrogens with one attached hydrogen (secondary N) is 2. The molecule has 0 fully saturated rings. The van der Waals surface area contributed by atoms with Gasteiger partial charge in [-0.2, -0.15) is 0 Å². The van der Waals surface area contributed by atoms with Crippen LogP contribution in [0.5, 0.6) is 0 Å². The Balaban J connectivity index is 0.00000261. The minimum Gasteiger partial charge on any atom is -0.443 e. The molecule has 0 aliphatic carbocycles. The van der Waals surface area contributed by atoms with E-state index in [0.29, 0.717) is 19.0 Å². The fraction of sp³-hybridized carbons (Fsp3) is 0.667. The third kappa shape index (κ3) is 5.66. The van der Waals surface area contributed by atoms with E-state index in [4.69, 9.17) is 4.42 Å². The van der Waals surface area contributed by atoms with E-state index in [0.717, 1.165) is 42.9 Å². The van der Waals surface area contributed by atoms with Crippen molar-refractivity contribution in [1.82, 2.24) is 30.4 Å². The monoisotopic (exact) mass is 487 g/mol. The molecule has 150 valence electrons. The minimum atomic E-state index is -0.0450. The first-order chi connectivity index (χ1) is 12.5. The van der Waals surface area contributed by atoms with Crippen LogP contribution in [-0.4, -0.2) is 32.3 Å². The Hall–Kier alpha value is -1.65. The average Bonchev–Trinajstić information content (AvgIpc) is 3.24. The number of aryl methyl sites for hydroxylation is 1. The first-order valence-electron chi connectivity index (χ1n) is 9.35. The maximum absolute atomic E-state index is 5.82. The summed E-state index contributed by atoms with van der Waals surface area (Å²) >= 11 is 0. The minimum absolute atomic E-state index is 0. The van der Waals surface area contributed by atoms with Crippen LogP contribution in [0.15, 0.2) is 15.6 Å². The lowest BCUT2D eigenvalue weighted by Gasteiger charge is -2.14. The Morgan fingerprint density at radius 3 is 2.78 bits per heavy atom. The molecule has 0 unspecified atom stereocenters. The summed E-state index contributed by atoms with van der Waals surface area (Å²) in [5, 5.41) is 15.1. The molecule has 8 nitrogen and oxygen atoms in total. The van der Waals surface area contributed by atoms with E-state index < -0.39 is 0 Å². The summed E-state index contributed by atoms with van der Waals surface area (Å²) in [5.41, 5.74) is -0.0450. The molecule has 1 aliphatic heterocycles. The second-order valence-corrected chi connectivity index (χ2v) is 7.56. The topological polar surface area (TPSA) is 93.2 Å². The summed E-state index contributed by atoms with van der Waals surface area (Å²) in [7, 11) is 0. The lowest BCUT2D eigenvalue weighted by molar-refractivity contribution is 0.379. The van der Waals surface area contributed by atoms with E-state index in [1.54, 1.807) is 6.20 Å². The number of nitrogens with zero attached hydrogens (tertiary/aromatic N) is 5. The van der Waals surface area contributed by atoms with Crippen molar-refractivity contribution in [1.29, 1.82) is 0 Å².